The number of hydrazine groups is 1. The Morgan fingerprint density at radius 1 is 1.25 bits per heavy atom. The molecule has 3 N–H and O–H groups in total. The molecule has 0 saturated heterocycles. The number of hydrogen-bond donors (Lipinski definition) is 3. The molecule has 0 bridgehead atoms. The fourth-order valence-corrected chi connectivity index (χ4v) is 2.57. The molecule has 0 aliphatic rings. The van der Waals surface area contributed by atoms with Crippen molar-refractivity contribution in [3.05, 3.63) is 45.8 Å². The van der Waals surface area contributed by atoms with Crippen molar-refractivity contribution < 1.29 is 19.2 Å². The molecule has 0 unspecified atom stereocenters. The maximum Gasteiger partial charge on any atom is 0.338 e. The summed E-state index contributed by atoms with van der Waals surface area (Å²) in [6.07, 6.45) is -0.0189. The molecule has 1 aromatic carbocycles. The fourth-order valence-electron chi connectivity index (χ4n) is 2.57. The zero-order chi connectivity index (χ0) is 20.7. The first-order valence-corrected chi connectivity index (χ1v) is 8.59. The minimum absolute atomic E-state index is 0.0189. The standard InChI is InChI=1S/C17H22N6O5/c1-4-28-14-8-6-5-7-13(14)18-17(25)20-19-15(24)9-10-22-12(3)16(23(26)27)11(2)21-22/h5-8H,4,9-10H2,1-3H3,(H,19,24)(H2,18,20,25). The summed E-state index contributed by atoms with van der Waals surface area (Å²) < 4.78 is 6.80. The van der Waals surface area contributed by atoms with Crippen molar-refractivity contribution in [2.24, 2.45) is 0 Å². The number of ether oxygens (including phenoxy) is 1. The molecule has 0 spiro atoms. The van der Waals surface area contributed by atoms with Crippen LogP contribution in [0.5, 0.6) is 5.75 Å². The molecule has 1 aromatic heterocycles. The molecule has 28 heavy (non-hydrogen) atoms. The highest BCUT2D eigenvalue weighted by Gasteiger charge is 2.21. The van der Waals surface area contributed by atoms with Gasteiger partial charge in [0.2, 0.25) is 5.91 Å². The van der Waals surface area contributed by atoms with E-state index in [1.807, 2.05) is 6.92 Å². The Balaban J connectivity index is 1.84. The third-order valence-corrected chi connectivity index (χ3v) is 3.83. The molecule has 1 heterocycles. The van der Waals surface area contributed by atoms with Crippen LogP contribution < -0.4 is 20.9 Å². The van der Waals surface area contributed by atoms with Gasteiger partial charge in [-0.3, -0.25) is 25.0 Å². The van der Waals surface area contributed by atoms with Gasteiger partial charge in [-0.05, 0) is 32.9 Å². The first-order chi connectivity index (χ1) is 13.3. The molecular formula is C17H22N6O5. The van der Waals surface area contributed by atoms with Gasteiger partial charge in [0, 0.05) is 6.42 Å². The monoisotopic (exact) mass is 390 g/mol. The number of benzene rings is 1. The van der Waals surface area contributed by atoms with Gasteiger partial charge in [0.05, 0.1) is 23.8 Å². The van der Waals surface area contributed by atoms with E-state index in [0.717, 1.165) is 0 Å². The molecule has 0 aliphatic heterocycles. The maximum absolute atomic E-state index is 11.9. The number of para-hydroxylation sites is 2. The number of rotatable bonds is 7. The quantitative estimate of drug-likeness (QED) is 0.488. The fraction of sp³-hybridized carbons (Fsp3) is 0.353. The van der Waals surface area contributed by atoms with E-state index in [0.29, 0.717) is 23.7 Å². The van der Waals surface area contributed by atoms with Crippen LogP contribution in [0, 0.1) is 24.0 Å². The number of aryl methyl sites for hydroxylation is 2. The highest BCUT2D eigenvalue weighted by Crippen LogP contribution is 2.23. The van der Waals surface area contributed by atoms with Crippen LogP contribution in [0.1, 0.15) is 24.7 Å². The minimum Gasteiger partial charge on any atom is -0.492 e. The lowest BCUT2D eigenvalue weighted by molar-refractivity contribution is -0.386. The lowest BCUT2D eigenvalue weighted by Gasteiger charge is -2.12. The number of amides is 3. The van der Waals surface area contributed by atoms with E-state index in [2.05, 4.69) is 21.3 Å². The molecule has 3 amide bonds. The number of nitro groups is 1. The maximum atomic E-state index is 11.9. The van der Waals surface area contributed by atoms with Crippen molar-refractivity contribution in [1.29, 1.82) is 0 Å². The number of aromatic nitrogens is 2. The Hall–Kier alpha value is -3.63. The zero-order valence-electron chi connectivity index (χ0n) is 15.8. The van der Waals surface area contributed by atoms with E-state index >= 15 is 0 Å². The normalized spacial score (nSPS) is 10.2. The van der Waals surface area contributed by atoms with Crippen LogP contribution >= 0.6 is 0 Å². The SMILES string of the molecule is CCOc1ccccc1NC(=O)NNC(=O)CCn1nc(C)c([N+](=O)[O-])c1C. The molecular weight excluding hydrogens is 368 g/mol. The second kappa shape index (κ2) is 9.35. The predicted octanol–water partition coefficient (Wildman–Crippen LogP) is 2.05. The van der Waals surface area contributed by atoms with Crippen LogP contribution in [0.25, 0.3) is 0 Å². The molecule has 2 rings (SSSR count). The van der Waals surface area contributed by atoms with Crippen molar-refractivity contribution in [3.8, 4) is 5.75 Å². The number of hydrogen-bond acceptors (Lipinski definition) is 6. The third kappa shape index (κ3) is 5.19. The van der Waals surface area contributed by atoms with Crippen LogP contribution in [-0.2, 0) is 11.3 Å². The van der Waals surface area contributed by atoms with Crippen molar-refractivity contribution in [2.45, 2.75) is 33.7 Å². The van der Waals surface area contributed by atoms with Gasteiger partial charge in [0.1, 0.15) is 17.1 Å². The molecule has 150 valence electrons. The number of carbonyl (C=O) groups is 2. The van der Waals surface area contributed by atoms with Gasteiger partial charge in [-0.15, -0.1) is 0 Å². The highest BCUT2D eigenvalue weighted by atomic mass is 16.6. The lowest BCUT2D eigenvalue weighted by Crippen LogP contribution is -2.44. The molecule has 0 fully saturated rings. The third-order valence-electron chi connectivity index (χ3n) is 3.83. The molecule has 0 aliphatic carbocycles. The molecule has 0 radical (unpaired) electrons. The van der Waals surface area contributed by atoms with Gasteiger partial charge in [0.25, 0.3) is 0 Å². The van der Waals surface area contributed by atoms with Crippen LogP contribution in [0.15, 0.2) is 24.3 Å². The van der Waals surface area contributed by atoms with Crippen molar-refractivity contribution in [3.63, 3.8) is 0 Å². The summed E-state index contributed by atoms with van der Waals surface area (Å²) in [6.45, 7) is 5.52. The summed E-state index contributed by atoms with van der Waals surface area (Å²) in [5, 5.41) is 17.6. The number of urea groups is 1. The first-order valence-electron chi connectivity index (χ1n) is 8.59. The predicted molar refractivity (Wildman–Crippen MR) is 101 cm³/mol. The Labute approximate surface area is 161 Å². The Morgan fingerprint density at radius 3 is 2.61 bits per heavy atom. The average molecular weight is 390 g/mol. The number of nitrogens with one attached hydrogen (secondary N) is 3. The van der Waals surface area contributed by atoms with Gasteiger partial charge < -0.3 is 10.1 Å². The van der Waals surface area contributed by atoms with Gasteiger partial charge in [-0.2, -0.15) is 5.10 Å². The van der Waals surface area contributed by atoms with Gasteiger partial charge in [-0.25, -0.2) is 10.2 Å². The summed E-state index contributed by atoms with van der Waals surface area (Å²) in [5.74, 6) is 0.0426. The second-order valence-electron chi connectivity index (χ2n) is 5.81. The van der Waals surface area contributed by atoms with Crippen LogP contribution in [0.4, 0.5) is 16.2 Å². The van der Waals surface area contributed by atoms with E-state index < -0.39 is 16.9 Å². The zero-order valence-corrected chi connectivity index (χ0v) is 15.8. The first kappa shape index (κ1) is 20.7. The summed E-state index contributed by atoms with van der Waals surface area (Å²) in [7, 11) is 0. The lowest BCUT2D eigenvalue weighted by atomic mass is 10.3. The van der Waals surface area contributed by atoms with Crippen LogP contribution in [0.3, 0.4) is 0 Å². The van der Waals surface area contributed by atoms with Gasteiger partial charge >= 0.3 is 11.7 Å². The number of carbonyl (C=O) groups excluding carboxylic acids is 2. The highest BCUT2D eigenvalue weighted by molar-refractivity contribution is 5.92. The van der Waals surface area contributed by atoms with E-state index in [9.17, 15) is 19.7 Å². The summed E-state index contributed by atoms with van der Waals surface area (Å²) in [4.78, 5) is 34.4. The average Bonchev–Trinajstić information content (AvgIpc) is 2.93. The summed E-state index contributed by atoms with van der Waals surface area (Å²) >= 11 is 0. The van der Waals surface area contributed by atoms with E-state index in [1.165, 1.54) is 11.6 Å². The van der Waals surface area contributed by atoms with Crippen LogP contribution in [0.2, 0.25) is 0 Å². The van der Waals surface area contributed by atoms with Gasteiger partial charge in [-0.1, -0.05) is 12.1 Å². The summed E-state index contributed by atoms with van der Waals surface area (Å²) in [6, 6.07) is 6.26. The minimum atomic E-state index is -0.637. The number of nitrogens with zero attached hydrogens (tertiary/aromatic N) is 3. The van der Waals surface area contributed by atoms with Crippen LogP contribution in [-0.4, -0.2) is 33.2 Å². The molecule has 11 heteroatoms. The van der Waals surface area contributed by atoms with E-state index in [4.69, 9.17) is 4.74 Å². The Kier molecular flexibility index (Phi) is 6.90. The molecule has 11 nitrogen and oxygen atoms in total. The smallest absolute Gasteiger partial charge is 0.338 e. The summed E-state index contributed by atoms with van der Waals surface area (Å²) in [5.41, 5.74) is 5.57. The molecule has 2 aromatic rings. The Bertz CT molecular complexity index is 879. The molecule has 0 atom stereocenters. The van der Waals surface area contributed by atoms with E-state index in [1.54, 1.807) is 31.2 Å². The topological polar surface area (TPSA) is 140 Å². The van der Waals surface area contributed by atoms with Crippen molar-refractivity contribution in [1.82, 2.24) is 20.6 Å². The van der Waals surface area contributed by atoms with Crippen molar-refractivity contribution >= 4 is 23.3 Å². The van der Waals surface area contributed by atoms with Gasteiger partial charge in [0.15, 0.2) is 0 Å². The number of anilines is 1. The van der Waals surface area contributed by atoms with Crippen molar-refractivity contribution in [2.75, 3.05) is 11.9 Å². The van der Waals surface area contributed by atoms with E-state index in [-0.39, 0.29) is 24.3 Å². The Morgan fingerprint density at radius 2 is 1.96 bits per heavy atom. The second-order valence-corrected chi connectivity index (χ2v) is 5.81. The largest absolute Gasteiger partial charge is 0.492 e. The molecule has 0 saturated carbocycles.